The van der Waals surface area contributed by atoms with Gasteiger partial charge in [-0.15, -0.1) is 0 Å². The fraction of sp³-hybridized carbons (Fsp3) is 0.0909. The van der Waals surface area contributed by atoms with Crippen molar-refractivity contribution in [3.05, 3.63) is 48.0 Å². The minimum Gasteiger partial charge on any atom is -0.327 e. The van der Waals surface area contributed by atoms with Crippen LogP contribution in [0.25, 0.3) is 12.2 Å². The van der Waals surface area contributed by atoms with Crippen LogP contribution in [0.5, 0.6) is 0 Å². The zero-order chi connectivity index (χ0) is 8.81. The van der Waals surface area contributed by atoms with Gasteiger partial charge in [-0.3, -0.25) is 0 Å². The van der Waals surface area contributed by atoms with Crippen molar-refractivity contribution in [2.24, 2.45) is 5.73 Å². The molecule has 0 bridgehead atoms. The molecular formula is C11H13N. The summed E-state index contributed by atoms with van der Waals surface area (Å²) < 4.78 is 0. The van der Waals surface area contributed by atoms with E-state index in [2.05, 4.69) is 6.58 Å². The molecule has 0 aromatic heterocycles. The van der Waals surface area contributed by atoms with Crippen molar-refractivity contribution < 1.29 is 0 Å². The smallest absolute Gasteiger partial charge is 0.0110 e. The highest BCUT2D eigenvalue weighted by molar-refractivity contribution is 5.54. The number of hydrogen-bond acceptors (Lipinski definition) is 1. The van der Waals surface area contributed by atoms with E-state index in [4.69, 9.17) is 5.73 Å². The van der Waals surface area contributed by atoms with Crippen molar-refractivity contribution in [3.8, 4) is 0 Å². The first-order chi connectivity index (χ1) is 5.86. The van der Waals surface area contributed by atoms with Gasteiger partial charge in [0.1, 0.15) is 0 Å². The molecular weight excluding hydrogens is 146 g/mol. The molecule has 0 amide bonds. The van der Waals surface area contributed by atoms with Crippen LogP contribution < -0.4 is 5.73 Å². The van der Waals surface area contributed by atoms with Gasteiger partial charge < -0.3 is 5.73 Å². The molecule has 1 aromatic rings. The lowest BCUT2D eigenvalue weighted by Crippen LogP contribution is -1.91. The highest BCUT2D eigenvalue weighted by Gasteiger charge is 1.85. The first-order valence-corrected chi connectivity index (χ1v) is 3.96. The second-order valence-corrected chi connectivity index (χ2v) is 2.51. The molecule has 0 saturated carbocycles. The summed E-state index contributed by atoms with van der Waals surface area (Å²) in [5, 5.41) is 0. The lowest BCUT2D eigenvalue weighted by Gasteiger charge is -1.94. The quantitative estimate of drug-likeness (QED) is 0.719. The zero-order valence-electron chi connectivity index (χ0n) is 7.03. The van der Waals surface area contributed by atoms with Gasteiger partial charge in [-0.25, -0.2) is 0 Å². The van der Waals surface area contributed by atoms with Crippen LogP contribution in [0, 0.1) is 0 Å². The first kappa shape index (κ1) is 8.75. The maximum atomic E-state index is 5.33. The summed E-state index contributed by atoms with van der Waals surface area (Å²) in [4.78, 5) is 0. The van der Waals surface area contributed by atoms with Crippen molar-refractivity contribution in [3.63, 3.8) is 0 Å². The Bertz CT molecular complexity index is 270. The summed E-state index contributed by atoms with van der Waals surface area (Å²) in [5.41, 5.74) is 7.64. The standard InChI is InChI=1S/C11H13N/c1-2-10-5-7-11(8-6-10)4-3-9-12/h2-8H,1,9,12H2. The molecule has 1 nitrogen and oxygen atoms in total. The maximum absolute atomic E-state index is 5.33. The average Bonchev–Trinajstić information content (AvgIpc) is 2.15. The third-order valence-electron chi connectivity index (χ3n) is 1.62. The SMILES string of the molecule is C=Cc1ccc(C=CCN)cc1. The van der Waals surface area contributed by atoms with E-state index in [9.17, 15) is 0 Å². The van der Waals surface area contributed by atoms with Crippen LogP contribution in [0.1, 0.15) is 11.1 Å². The van der Waals surface area contributed by atoms with Crippen LogP contribution in [-0.4, -0.2) is 6.54 Å². The molecule has 0 fully saturated rings. The van der Waals surface area contributed by atoms with Gasteiger partial charge in [0.25, 0.3) is 0 Å². The van der Waals surface area contributed by atoms with Crippen LogP contribution in [0.4, 0.5) is 0 Å². The van der Waals surface area contributed by atoms with Crippen LogP contribution in [-0.2, 0) is 0 Å². The van der Waals surface area contributed by atoms with Gasteiger partial charge in [0.15, 0.2) is 0 Å². The summed E-state index contributed by atoms with van der Waals surface area (Å²) in [6.07, 6.45) is 5.77. The molecule has 12 heavy (non-hydrogen) atoms. The summed E-state index contributed by atoms with van der Waals surface area (Å²) in [5.74, 6) is 0. The Balaban J connectivity index is 2.77. The van der Waals surface area contributed by atoms with E-state index in [1.54, 1.807) is 0 Å². The minimum atomic E-state index is 0.587. The highest BCUT2D eigenvalue weighted by Crippen LogP contribution is 2.06. The molecule has 62 valence electrons. The van der Waals surface area contributed by atoms with Crippen LogP contribution in [0.3, 0.4) is 0 Å². The maximum Gasteiger partial charge on any atom is 0.0110 e. The third-order valence-corrected chi connectivity index (χ3v) is 1.62. The molecule has 1 rings (SSSR count). The van der Waals surface area contributed by atoms with E-state index >= 15 is 0 Å². The van der Waals surface area contributed by atoms with Crippen molar-refractivity contribution in [1.29, 1.82) is 0 Å². The van der Waals surface area contributed by atoms with Gasteiger partial charge in [-0.1, -0.05) is 49.1 Å². The van der Waals surface area contributed by atoms with Crippen LogP contribution in [0.2, 0.25) is 0 Å². The van der Waals surface area contributed by atoms with E-state index in [0.717, 1.165) is 5.56 Å². The van der Waals surface area contributed by atoms with E-state index in [1.165, 1.54) is 5.56 Å². The van der Waals surface area contributed by atoms with Gasteiger partial charge in [0.05, 0.1) is 0 Å². The predicted molar refractivity (Wildman–Crippen MR) is 54.6 cm³/mol. The Kier molecular flexibility index (Phi) is 3.30. The Morgan fingerprint density at radius 1 is 1.17 bits per heavy atom. The Morgan fingerprint density at radius 2 is 1.75 bits per heavy atom. The van der Waals surface area contributed by atoms with E-state index < -0.39 is 0 Å². The molecule has 0 radical (unpaired) electrons. The highest BCUT2D eigenvalue weighted by atomic mass is 14.5. The van der Waals surface area contributed by atoms with Crippen LogP contribution >= 0.6 is 0 Å². The average molecular weight is 159 g/mol. The third kappa shape index (κ3) is 2.36. The van der Waals surface area contributed by atoms with Crippen molar-refractivity contribution in [1.82, 2.24) is 0 Å². The van der Waals surface area contributed by atoms with Gasteiger partial charge in [-0.2, -0.15) is 0 Å². The fourth-order valence-electron chi connectivity index (χ4n) is 0.947. The molecule has 0 aliphatic heterocycles. The summed E-state index contributed by atoms with van der Waals surface area (Å²) in [6.45, 7) is 4.27. The molecule has 1 aromatic carbocycles. The first-order valence-electron chi connectivity index (χ1n) is 3.96. The molecule has 0 heterocycles. The van der Waals surface area contributed by atoms with Gasteiger partial charge >= 0.3 is 0 Å². The van der Waals surface area contributed by atoms with Crippen LogP contribution in [0.15, 0.2) is 36.9 Å². The van der Waals surface area contributed by atoms with Gasteiger partial charge in [0.2, 0.25) is 0 Å². The lowest BCUT2D eigenvalue weighted by molar-refractivity contribution is 1.26. The van der Waals surface area contributed by atoms with Crippen molar-refractivity contribution in [2.45, 2.75) is 0 Å². The lowest BCUT2D eigenvalue weighted by atomic mass is 10.1. The predicted octanol–water partition coefficient (Wildman–Crippen LogP) is 2.30. The van der Waals surface area contributed by atoms with Crippen molar-refractivity contribution in [2.75, 3.05) is 6.54 Å². The largest absolute Gasteiger partial charge is 0.327 e. The van der Waals surface area contributed by atoms with E-state index in [1.807, 2.05) is 42.5 Å². The summed E-state index contributed by atoms with van der Waals surface area (Å²) >= 11 is 0. The number of nitrogens with two attached hydrogens (primary N) is 1. The molecule has 2 N–H and O–H groups in total. The summed E-state index contributed by atoms with van der Waals surface area (Å²) in [7, 11) is 0. The molecule has 0 aliphatic rings. The Labute approximate surface area is 73.2 Å². The molecule has 0 unspecified atom stereocenters. The zero-order valence-corrected chi connectivity index (χ0v) is 7.03. The van der Waals surface area contributed by atoms with Gasteiger partial charge in [0, 0.05) is 6.54 Å². The molecule has 1 heteroatoms. The summed E-state index contributed by atoms with van der Waals surface area (Å²) in [6, 6.07) is 8.15. The number of hydrogen-bond donors (Lipinski definition) is 1. The van der Waals surface area contributed by atoms with E-state index in [0.29, 0.717) is 6.54 Å². The van der Waals surface area contributed by atoms with Crippen molar-refractivity contribution >= 4 is 12.2 Å². The normalized spacial score (nSPS) is 10.4. The molecule has 0 spiro atoms. The number of benzene rings is 1. The Hall–Kier alpha value is -1.34. The second kappa shape index (κ2) is 4.52. The van der Waals surface area contributed by atoms with Gasteiger partial charge in [-0.05, 0) is 11.1 Å². The topological polar surface area (TPSA) is 26.0 Å². The Morgan fingerprint density at radius 3 is 2.25 bits per heavy atom. The molecule has 0 aliphatic carbocycles. The second-order valence-electron chi connectivity index (χ2n) is 2.51. The van der Waals surface area contributed by atoms with E-state index in [-0.39, 0.29) is 0 Å². The minimum absolute atomic E-state index is 0.587. The fourth-order valence-corrected chi connectivity index (χ4v) is 0.947. The monoisotopic (exact) mass is 159 g/mol. The molecule has 0 saturated heterocycles. The molecule has 0 atom stereocenters. The number of rotatable bonds is 3.